The Balaban J connectivity index is 0.000000778. The molecule has 43 heteroatoms. The van der Waals surface area contributed by atoms with Gasteiger partial charge in [-0.25, -0.2) is 70.2 Å². The first-order chi connectivity index (χ1) is 63.1. The van der Waals surface area contributed by atoms with Gasteiger partial charge in [-0.1, -0.05) is 76.8 Å². The summed E-state index contributed by atoms with van der Waals surface area (Å²) in [6.07, 6.45) is -7.37. The normalized spacial score (nSPS) is 12.1. The first-order valence-electron chi connectivity index (χ1n) is 41.1. The topological polar surface area (TPSA) is 468 Å². The molecule has 0 spiro atoms. The molecule has 0 aromatic heterocycles. The Labute approximate surface area is 791 Å². The third-order valence-corrected chi connectivity index (χ3v) is 17.1. The minimum atomic E-state index is -4.62. The molecule has 136 heavy (non-hydrogen) atoms. The number of aryl methyl sites for hydroxylation is 9. The molecule has 752 valence electrons. The Bertz CT molecular complexity index is 4900. The van der Waals surface area contributed by atoms with Crippen LogP contribution < -0.4 is 43.8 Å². The van der Waals surface area contributed by atoms with Crippen LogP contribution in [0.3, 0.4) is 0 Å². The van der Waals surface area contributed by atoms with Crippen molar-refractivity contribution in [3.05, 3.63) is 279 Å². The van der Waals surface area contributed by atoms with E-state index in [1.807, 2.05) is 56.3 Å². The molecule has 0 bridgehead atoms. The smallest absolute Gasteiger partial charge is 0.394 e. The molecule has 0 saturated carbocycles. The number of rotatable bonds is 32. The first-order valence-corrected chi connectivity index (χ1v) is 41.9. The van der Waals surface area contributed by atoms with Crippen LogP contribution in [0.1, 0.15) is 215 Å². The number of aliphatic hydroxyl groups excluding tert-OH is 5. The highest BCUT2D eigenvalue weighted by atomic mass is 35.5. The number of carbonyl (C=O) groups is 8. The summed E-state index contributed by atoms with van der Waals surface area (Å²) in [4.78, 5) is 131. The van der Waals surface area contributed by atoms with Crippen molar-refractivity contribution in [1.82, 2.24) is 43.8 Å². The monoisotopic (exact) mass is 1970 g/mol. The van der Waals surface area contributed by atoms with Gasteiger partial charge in [-0.2, -0.15) is 13.2 Å². The van der Waals surface area contributed by atoms with Crippen LogP contribution in [0.4, 0.5) is 39.5 Å². The molecule has 8 aromatic carbocycles. The predicted octanol–water partition coefficient (Wildman–Crippen LogP) is 12.9. The van der Waals surface area contributed by atoms with Gasteiger partial charge in [0.1, 0.15) is 96.4 Å². The molecule has 16 N–H and O–H groups in total. The van der Waals surface area contributed by atoms with Crippen molar-refractivity contribution >= 4 is 70.5 Å². The summed E-state index contributed by atoms with van der Waals surface area (Å²) in [5.74, 6) is -10.6. The zero-order valence-electron chi connectivity index (χ0n) is 78.5. The van der Waals surface area contributed by atoms with Gasteiger partial charge in [0.15, 0.2) is 0 Å². The summed E-state index contributed by atoms with van der Waals surface area (Å²) < 4.78 is 119. The summed E-state index contributed by atoms with van der Waals surface area (Å²) in [5, 5.41) is 72.2. The Morgan fingerprint density at radius 3 is 0.787 bits per heavy atom. The fourth-order valence-corrected chi connectivity index (χ4v) is 10.1. The maximum atomic E-state index is 13.4. The Morgan fingerprint density at radius 1 is 0.294 bits per heavy atom. The number of hydroxylamine groups is 8. The number of hydrogen-bond donors (Lipinski definition) is 16. The van der Waals surface area contributed by atoms with Gasteiger partial charge in [0, 0.05) is 5.56 Å². The lowest BCUT2D eigenvalue weighted by Crippen LogP contribution is -2.34. The molecule has 0 saturated heterocycles. The van der Waals surface area contributed by atoms with E-state index in [9.17, 15) is 93.2 Å². The van der Waals surface area contributed by atoms with Gasteiger partial charge in [0.25, 0.3) is 47.3 Å². The van der Waals surface area contributed by atoms with E-state index in [4.69, 9.17) is 72.9 Å². The molecule has 0 aliphatic carbocycles. The van der Waals surface area contributed by atoms with Crippen molar-refractivity contribution in [2.24, 2.45) is 0 Å². The molecular formula is C93H119Cl2F9N8O24. The third-order valence-electron chi connectivity index (χ3n) is 16.5. The van der Waals surface area contributed by atoms with E-state index in [1.165, 1.54) is 92.6 Å². The summed E-state index contributed by atoms with van der Waals surface area (Å²) in [6, 6.07) is 31.9. The molecule has 5 atom stereocenters. The number of halogens is 11. The molecule has 32 nitrogen and oxygen atoms in total. The number of benzene rings is 8. The number of alkyl halides is 3. The molecule has 4 unspecified atom stereocenters. The van der Waals surface area contributed by atoms with E-state index >= 15 is 0 Å². The second-order valence-electron chi connectivity index (χ2n) is 32.3. The third kappa shape index (κ3) is 49.0. The molecule has 0 fully saturated rings. The van der Waals surface area contributed by atoms with Crippen molar-refractivity contribution in [2.45, 2.75) is 192 Å². The van der Waals surface area contributed by atoms with E-state index in [-0.39, 0.29) is 69.9 Å². The predicted molar refractivity (Wildman–Crippen MR) is 484 cm³/mol. The molecule has 8 aromatic rings. The number of aliphatic hydroxyl groups is 8. The zero-order valence-corrected chi connectivity index (χ0v) is 80.0. The molecule has 8 amide bonds. The molecule has 0 radical (unpaired) electrons. The molecule has 0 heterocycles. The maximum Gasteiger partial charge on any atom is 0.417 e. The van der Waals surface area contributed by atoms with Crippen molar-refractivity contribution in [3.63, 3.8) is 0 Å². The fourth-order valence-electron chi connectivity index (χ4n) is 9.43. The van der Waals surface area contributed by atoms with E-state index in [2.05, 4.69) is 41.9 Å². The number of carbonyl (C=O) groups excluding carboxylic acids is 8. The number of amides is 8. The van der Waals surface area contributed by atoms with E-state index in [0.29, 0.717) is 43.4 Å². The molecule has 8 rings (SSSR count). The molecule has 0 aliphatic heterocycles. The van der Waals surface area contributed by atoms with Crippen LogP contribution in [-0.2, 0) is 44.9 Å². The van der Waals surface area contributed by atoms with Gasteiger partial charge in [-0.15, -0.1) is 0 Å². The van der Waals surface area contributed by atoms with Crippen LogP contribution in [0.25, 0.3) is 0 Å². The van der Waals surface area contributed by atoms with Crippen LogP contribution in [0.15, 0.2) is 133 Å². The summed E-state index contributed by atoms with van der Waals surface area (Å²) >= 11 is 11.8. The van der Waals surface area contributed by atoms with Crippen molar-refractivity contribution < 1.29 is 157 Å². The van der Waals surface area contributed by atoms with Crippen LogP contribution in [0.5, 0.6) is 0 Å². The van der Waals surface area contributed by atoms with Crippen LogP contribution in [0.2, 0.25) is 10.0 Å². The highest BCUT2D eigenvalue weighted by Crippen LogP contribution is 2.33. The lowest BCUT2D eigenvalue weighted by molar-refractivity contribution is -0.138. The van der Waals surface area contributed by atoms with Gasteiger partial charge >= 0.3 is 6.18 Å². The van der Waals surface area contributed by atoms with Gasteiger partial charge in [0.05, 0.1) is 93.3 Å². The van der Waals surface area contributed by atoms with E-state index < -0.39 is 152 Å². The van der Waals surface area contributed by atoms with Gasteiger partial charge < -0.3 is 40.9 Å². The Kier molecular flexibility index (Phi) is 54.6. The summed E-state index contributed by atoms with van der Waals surface area (Å²) in [6.45, 7) is 31.1. The van der Waals surface area contributed by atoms with Crippen LogP contribution in [-0.4, -0.2) is 188 Å². The first kappa shape index (κ1) is 123. The zero-order chi connectivity index (χ0) is 104. The van der Waals surface area contributed by atoms with Gasteiger partial charge in [0.2, 0.25) is 0 Å². The van der Waals surface area contributed by atoms with Crippen LogP contribution >= 0.6 is 23.2 Å². The summed E-state index contributed by atoms with van der Waals surface area (Å²) in [7, 11) is 0. The standard InChI is InChI=1S/C12H16ClNO3.C12H14F3NO3.C12H15F2NO3.C12H16FNO3.C12H17NO3.C11H14ClNO3.C11H13F2NO3.C11H14FNO3/c1-8-4-5-9(10(13)6-8)11(15)14-17-7-12(2,3)16;1-7-3-4-9(10(5-7)12(13,14)15)11(18)16-19-8(2)6-17;1-7-4-8(13)10(9(14)5-7)11(16)15-18-6-12(2,3)17;1-8-4-5-9(10(13)6-8)11(15)14-17-7-12(2,3)16;1-8-4-5-11(9(2)6-8)12(15)13-16-10(3)7-14;1-7-3-4-9(10(12)5-7)11(15)13-16-8(2)6-14;1-6-3-8(12)10(9(13)4-6)11(16)14-17-7(2)5-15;1-7-3-4-9(10(12)5-7)11(15)13-16-8(2)6-14/h4-6,16H,7H2,1-3H3,(H,14,15);3-5,8,17H,6H2,1-2H3,(H,16,18);4-5,17H,6H2,1-3H3,(H,15,16);4-6,16H,7H2,1-3H3,(H,14,15);4-6,10,14H,7H2,1-3H3,(H,13,15);3-5,8,14H,6H2,1-2H3,(H,13,15);3-4,7,15H,5H2,1-2H3,(H,14,16);3-5,8,14H,6H2,1-2H3,(H,13,15)/t;;;;;8-;;/m.....0../s1. The number of hydrogen-bond acceptors (Lipinski definition) is 24. The fraction of sp³-hybridized carbons (Fsp3) is 0.398. The van der Waals surface area contributed by atoms with Crippen molar-refractivity contribution in [2.75, 3.05) is 52.9 Å². The highest BCUT2D eigenvalue weighted by Gasteiger charge is 2.36. The van der Waals surface area contributed by atoms with Crippen molar-refractivity contribution in [1.29, 1.82) is 0 Å². The summed E-state index contributed by atoms with van der Waals surface area (Å²) in [5.41, 5.74) is 18.0. The van der Waals surface area contributed by atoms with Gasteiger partial charge in [-0.3, -0.25) is 77.1 Å². The largest absolute Gasteiger partial charge is 0.417 e. The quantitative estimate of drug-likeness (QED) is 0.0137. The van der Waals surface area contributed by atoms with E-state index in [1.54, 1.807) is 103 Å². The average Bonchev–Trinajstić information content (AvgIpc) is 0.807. The van der Waals surface area contributed by atoms with Crippen molar-refractivity contribution in [3.8, 4) is 0 Å². The van der Waals surface area contributed by atoms with Gasteiger partial charge in [-0.05, 0) is 268 Å². The highest BCUT2D eigenvalue weighted by molar-refractivity contribution is 6.34. The molecule has 0 aliphatic rings. The van der Waals surface area contributed by atoms with E-state index in [0.717, 1.165) is 69.8 Å². The minimum Gasteiger partial charge on any atom is -0.394 e. The minimum absolute atomic E-state index is 0.00220. The second kappa shape index (κ2) is 60.4. The van der Waals surface area contributed by atoms with Crippen LogP contribution in [0, 0.1) is 97.2 Å². The molecular weight excluding hydrogens is 1850 g/mol. The SMILES string of the molecule is Cc1cc(F)c(C(=O)NOC(C)CO)c(F)c1.Cc1cc(F)c(C(=O)NOCC(C)(C)O)c(F)c1.Cc1ccc(C(=O)NOC(C)CO)c(C(F)(F)F)c1.Cc1ccc(C(=O)NOC(C)CO)c(C)c1.Cc1ccc(C(=O)NOC(C)CO)c(F)c1.Cc1ccc(C(=O)NOCC(C)(C)O)c(Cl)c1.Cc1ccc(C(=O)NOCC(C)(C)O)c(F)c1.Cc1ccc(C(=O)NO[C@@H](C)CO)c(Cl)c1. The number of nitrogens with one attached hydrogen (secondary N) is 8. The second-order valence-corrected chi connectivity index (χ2v) is 33.1. The Hall–Kier alpha value is -11.2. The lowest BCUT2D eigenvalue weighted by atomic mass is 10.0. The lowest BCUT2D eigenvalue weighted by Gasteiger charge is -2.16. The maximum absolute atomic E-state index is 13.4. The average molecular weight is 1970 g/mol. The Morgan fingerprint density at radius 2 is 0.507 bits per heavy atom.